The monoisotopic (exact) mass is 400 g/mol. The summed E-state index contributed by atoms with van der Waals surface area (Å²) in [5.74, 6) is 1.34. The predicted octanol–water partition coefficient (Wildman–Crippen LogP) is 3.10. The van der Waals surface area contributed by atoms with Crippen LogP contribution in [0.3, 0.4) is 0 Å². The lowest BCUT2D eigenvalue weighted by Gasteiger charge is -2.17. The summed E-state index contributed by atoms with van der Waals surface area (Å²) in [4.78, 5) is 24.5. The number of para-hydroxylation sites is 1. The van der Waals surface area contributed by atoms with Crippen LogP contribution in [0, 0.1) is 0 Å². The van der Waals surface area contributed by atoms with Crippen molar-refractivity contribution in [3.05, 3.63) is 53.6 Å². The van der Waals surface area contributed by atoms with Gasteiger partial charge in [0.1, 0.15) is 5.75 Å². The van der Waals surface area contributed by atoms with Crippen molar-refractivity contribution in [3.8, 4) is 17.2 Å². The molecule has 29 heavy (non-hydrogen) atoms. The molecule has 0 aromatic heterocycles. The lowest BCUT2D eigenvalue weighted by atomic mass is 10.1. The van der Waals surface area contributed by atoms with Crippen LogP contribution in [0.1, 0.15) is 42.2 Å². The minimum absolute atomic E-state index is 0.161. The lowest BCUT2D eigenvalue weighted by molar-refractivity contribution is -0.121. The minimum Gasteiger partial charge on any atom is -0.496 e. The molecule has 0 fully saturated rings. The van der Waals surface area contributed by atoms with Crippen molar-refractivity contribution in [3.63, 3.8) is 0 Å². The van der Waals surface area contributed by atoms with Gasteiger partial charge in [0.2, 0.25) is 5.91 Å². The van der Waals surface area contributed by atoms with Gasteiger partial charge in [-0.2, -0.15) is 0 Å². The molecule has 2 rings (SSSR count). The van der Waals surface area contributed by atoms with Gasteiger partial charge >= 0.3 is 0 Å². The Morgan fingerprint density at radius 2 is 1.72 bits per heavy atom. The van der Waals surface area contributed by atoms with E-state index in [1.54, 1.807) is 31.4 Å². The summed E-state index contributed by atoms with van der Waals surface area (Å²) in [5, 5.41) is 5.66. The molecular weight excluding hydrogens is 372 g/mol. The Bertz CT molecular complexity index is 838. The molecule has 156 valence electrons. The standard InChI is InChI=1S/C22H28N2O5/c1-5-29-19-11-10-16(14-20(19)28-4)15(2)24-21(25)12-13-23-22(26)17-8-6-7-9-18(17)27-3/h6-11,14-15H,5,12-13H2,1-4H3,(H,23,26)(H,24,25). The van der Waals surface area contributed by atoms with E-state index in [0.717, 1.165) is 5.56 Å². The summed E-state index contributed by atoms with van der Waals surface area (Å²) < 4.78 is 16.0. The van der Waals surface area contributed by atoms with Gasteiger partial charge in [-0.25, -0.2) is 0 Å². The second-order valence-corrected chi connectivity index (χ2v) is 6.34. The van der Waals surface area contributed by atoms with Gasteiger partial charge in [-0.05, 0) is 43.7 Å². The molecule has 0 saturated carbocycles. The maximum Gasteiger partial charge on any atom is 0.255 e. The molecule has 0 aliphatic heterocycles. The van der Waals surface area contributed by atoms with E-state index in [0.29, 0.717) is 29.4 Å². The number of carbonyl (C=O) groups excluding carboxylic acids is 2. The maximum atomic E-state index is 12.3. The van der Waals surface area contributed by atoms with E-state index >= 15 is 0 Å². The number of benzene rings is 2. The van der Waals surface area contributed by atoms with E-state index < -0.39 is 0 Å². The topological polar surface area (TPSA) is 85.9 Å². The normalized spacial score (nSPS) is 11.3. The number of nitrogens with one attached hydrogen (secondary N) is 2. The Morgan fingerprint density at radius 3 is 2.41 bits per heavy atom. The van der Waals surface area contributed by atoms with E-state index in [-0.39, 0.29) is 30.8 Å². The number of hydrogen-bond acceptors (Lipinski definition) is 5. The summed E-state index contributed by atoms with van der Waals surface area (Å²) >= 11 is 0. The zero-order valence-corrected chi connectivity index (χ0v) is 17.3. The predicted molar refractivity (Wildman–Crippen MR) is 111 cm³/mol. The fraction of sp³-hybridized carbons (Fsp3) is 0.364. The smallest absolute Gasteiger partial charge is 0.255 e. The van der Waals surface area contributed by atoms with Crippen molar-refractivity contribution in [1.29, 1.82) is 0 Å². The molecule has 7 nitrogen and oxygen atoms in total. The zero-order chi connectivity index (χ0) is 21.2. The second kappa shape index (κ2) is 10.9. The molecule has 0 bridgehead atoms. The van der Waals surface area contributed by atoms with E-state index in [1.165, 1.54) is 7.11 Å². The average molecular weight is 400 g/mol. The molecule has 0 aliphatic carbocycles. The van der Waals surface area contributed by atoms with Gasteiger partial charge in [0, 0.05) is 13.0 Å². The van der Waals surface area contributed by atoms with Gasteiger partial charge in [-0.15, -0.1) is 0 Å². The van der Waals surface area contributed by atoms with Crippen LogP contribution >= 0.6 is 0 Å². The highest BCUT2D eigenvalue weighted by Gasteiger charge is 2.14. The second-order valence-electron chi connectivity index (χ2n) is 6.34. The highest BCUT2D eigenvalue weighted by atomic mass is 16.5. The van der Waals surface area contributed by atoms with Crippen LogP contribution in [0.25, 0.3) is 0 Å². The number of methoxy groups -OCH3 is 2. The van der Waals surface area contributed by atoms with Crippen LogP contribution in [0.4, 0.5) is 0 Å². The molecular formula is C22H28N2O5. The molecule has 2 N–H and O–H groups in total. The molecule has 0 heterocycles. The van der Waals surface area contributed by atoms with Gasteiger partial charge in [0.05, 0.1) is 32.4 Å². The average Bonchev–Trinajstić information content (AvgIpc) is 2.73. The molecule has 1 atom stereocenters. The molecule has 2 amide bonds. The van der Waals surface area contributed by atoms with Gasteiger partial charge in [-0.3, -0.25) is 9.59 Å². The van der Waals surface area contributed by atoms with Gasteiger partial charge in [0.25, 0.3) is 5.91 Å². The van der Waals surface area contributed by atoms with Crippen LogP contribution in [0.15, 0.2) is 42.5 Å². The van der Waals surface area contributed by atoms with Crippen LogP contribution < -0.4 is 24.8 Å². The van der Waals surface area contributed by atoms with Crippen molar-refractivity contribution < 1.29 is 23.8 Å². The summed E-state index contributed by atoms with van der Waals surface area (Å²) in [6.45, 7) is 4.56. The minimum atomic E-state index is -0.278. The Kier molecular flexibility index (Phi) is 8.33. The lowest BCUT2D eigenvalue weighted by Crippen LogP contribution is -2.32. The molecule has 1 unspecified atom stereocenters. The number of hydrogen-bond donors (Lipinski definition) is 2. The third-order valence-electron chi connectivity index (χ3n) is 4.35. The number of amides is 2. The Hall–Kier alpha value is -3.22. The Labute approximate surface area is 171 Å². The molecule has 0 saturated heterocycles. The van der Waals surface area contributed by atoms with Crippen molar-refractivity contribution in [2.75, 3.05) is 27.4 Å². The van der Waals surface area contributed by atoms with E-state index in [9.17, 15) is 9.59 Å². The van der Waals surface area contributed by atoms with E-state index in [4.69, 9.17) is 14.2 Å². The number of rotatable bonds is 10. The third-order valence-corrected chi connectivity index (χ3v) is 4.35. The van der Waals surface area contributed by atoms with Crippen LogP contribution in [-0.4, -0.2) is 39.2 Å². The first-order valence-corrected chi connectivity index (χ1v) is 9.51. The number of carbonyl (C=O) groups is 2. The van der Waals surface area contributed by atoms with Gasteiger partial charge in [-0.1, -0.05) is 18.2 Å². The summed E-state index contributed by atoms with van der Waals surface area (Å²) in [5.41, 5.74) is 1.34. The van der Waals surface area contributed by atoms with E-state index in [1.807, 2.05) is 32.0 Å². The first-order valence-electron chi connectivity index (χ1n) is 9.51. The highest BCUT2D eigenvalue weighted by molar-refractivity contribution is 5.97. The van der Waals surface area contributed by atoms with Crippen LogP contribution in [0.2, 0.25) is 0 Å². The van der Waals surface area contributed by atoms with Gasteiger partial charge < -0.3 is 24.8 Å². The Balaban J connectivity index is 1.86. The number of ether oxygens (including phenoxy) is 3. The van der Waals surface area contributed by atoms with Crippen molar-refractivity contribution >= 4 is 11.8 Å². The zero-order valence-electron chi connectivity index (χ0n) is 17.3. The largest absolute Gasteiger partial charge is 0.496 e. The van der Waals surface area contributed by atoms with Gasteiger partial charge in [0.15, 0.2) is 11.5 Å². The van der Waals surface area contributed by atoms with E-state index in [2.05, 4.69) is 10.6 Å². The molecule has 0 aliphatic rings. The molecule has 2 aromatic rings. The van der Waals surface area contributed by atoms with Crippen LogP contribution in [-0.2, 0) is 4.79 Å². The first-order chi connectivity index (χ1) is 14.0. The third kappa shape index (κ3) is 6.14. The summed E-state index contributed by atoms with van der Waals surface area (Å²) in [6, 6.07) is 12.3. The molecule has 0 spiro atoms. The maximum absolute atomic E-state index is 12.3. The quantitative estimate of drug-likeness (QED) is 0.640. The van der Waals surface area contributed by atoms with Crippen LogP contribution in [0.5, 0.6) is 17.2 Å². The van der Waals surface area contributed by atoms with Crippen molar-refractivity contribution in [2.45, 2.75) is 26.3 Å². The highest BCUT2D eigenvalue weighted by Crippen LogP contribution is 2.30. The fourth-order valence-electron chi connectivity index (χ4n) is 2.84. The Morgan fingerprint density at radius 1 is 1.00 bits per heavy atom. The summed E-state index contributed by atoms with van der Waals surface area (Å²) in [7, 11) is 3.09. The molecule has 7 heteroatoms. The first kappa shape index (κ1) is 22.1. The summed E-state index contributed by atoms with van der Waals surface area (Å²) in [6.07, 6.45) is 0.166. The van der Waals surface area contributed by atoms with Crippen molar-refractivity contribution in [2.24, 2.45) is 0 Å². The van der Waals surface area contributed by atoms with Crippen molar-refractivity contribution in [1.82, 2.24) is 10.6 Å². The fourth-order valence-corrected chi connectivity index (χ4v) is 2.84. The molecule has 2 aromatic carbocycles. The SMILES string of the molecule is CCOc1ccc(C(C)NC(=O)CCNC(=O)c2ccccc2OC)cc1OC. The molecule has 0 radical (unpaired) electrons.